The van der Waals surface area contributed by atoms with Gasteiger partial charge in [0.1, 0.15) is 11.4 Å². The van der Waals surface area contributed by atoms with E-state index >= 15 is 0 Å². The summed E-state index contributed by atoms with van der Waals surface area (Å²) in [6, 6.07) is 5.98. The second kappa shape index (κ2) is 4.62. The van der Waals surface area contributed by atoms with E-state index in [2.05, 4.69) is 40.0 Å². The van der Waals surface area contributed by atoms with Crippen LogP contribution in [-0.2, 0) is 5.41 Å². The second-order valence-electron chi connectivity index (χ2n) is 5.87. The molecule has 3 heterocycles. The molecule has 0 fully saturated rings. The molecular weight excluding hydrogens is 280 g/mol. The van der Waals surface area contributed by atoms with Gasteiger partial charge >= 0.3 is 0 Å². The Morgan fingerprint density at radius 3 is 2.91 bits per heavy atom. The summed E-state index contributed by atoms with van der Waals surface area (Å²) < 4.78 is 11.2. The normalized spacial score (nSPS) is 15.4. The van der Waals surface area contributed by atoms with Gasteiger partial charge in [-0.25, -0.2) is 4.98 Å². The number of rotatable bonds is 2. The van der Waals surface area contributed by atoms with Crippen molar-refractivity contribution in [3.8, 4) is 28.7 Å². The summed E-state index contributed by atoms with van der Waals surface area (Å²) in [4.78, 5) is 12.6. The van der Waals surface area contributed by atoms with Gasteiger partial charge in [-0.1, -0.05) is 31.1 Å². The van der Waals surface area contributed by atoms with E-state index in [4.69, 9.17) is 9.26 Å². The van der Waals surface area contributed by atoms with Crippen LogP contribution in [0.4, 0.5) is 0 Å². The zero-order valence-electron chi connectivity index (χ0n) is 12.3. The summed E-state index contributed by atoms with van der Waals surface area (Å²) in [5, 5.41) is 3.98. The fourth-order valence-electron chi connectivity index (χ4n) is 2.58. The van der Waals surface area contributed by atoms with E-state index in [1.165, 1.54) is 0 Å². The van der Waals surface area contributed by atoms with Crippen LogP contribution < -0.4 is 4.74 Å². The molecule has 110 valence electrons. The summed E-state index contributed by atoms with van der Waals surface area (Å²) in [5.74, 6) is 1.66. The predicted molar refractivity (Wildman–Crippen MR) is 79.3 cm³/mol. The van der Waals surface area contributed by atoms with E-state index in [0.29, 0.717) is 24.0 Å². The molecule has 22 heavy (non-hydrogen) atoms. The van der Waals surface area contributed by atoms with Crippen LogP contribution in [0.25, 0.3) is 23.0 Å². The first kappa shape index (κ1) is 12.9. The molecule has 1 aliphatic heterocycles. The van der Waals surface area contributed by atoms with Crippen LogP contribution in [0.15, 0.2) is 41.3 Å². The molecule has 0 saturated heterocycles. The van der Waals surface area contributed by atoms with E-state index in [1.54, 1.807) is 18.6 Å². The van der Waals surface area contributed by atoms with Crippen molar-refractivity contribution >= 4 is 0 Å². The quantitative estimate of drug-likeness (QED) is 0.723. The first-order chi connectivity index (χ1) is 10.6. The zero-order valence-corrected chi connectivity index (χ0v) is 12.3. The van der Waals surface area contributed by atoms with Crippen LogP contribution in [0.3, 0.4) is 0 Å². The van der Waals surface area contributed by atoms with Gasteiger partial charge in [-0.15, -0.1) is 0 Å². The highest BCUT2D eigenvalue weighted by atomic mass is 16.5. The van der Waals surface area contributed by atoms with Crippen LogP contribution in [-0.4, -0.2) is 26.7 Å². The molecular formula is C16H14N4O2. The van der Waals surface area contributed by atoms with Crippen LogP contribution in [0.2, 0.25) is 0 Å². The molecule has 0 saturated carbocycles. The van der Waals surface area contributed by atoms with Crippen molar-refractivity contribution in [1.82, 2.24) is 20.1 Å². The van der Waals surface area contributed by atoms with Crippen molar-refractivity contribution in [3.05, 3.63) is 42.4 Å². The van der Waals surface area contributed by atoms with Crippen LogP contribution in [0, 0.1) is 0 Å². The minimum Gasteiger partial charge on any atom is -0.492 e. The molecule has 4 rings (SSSR count). The Bertz CT molecular complexity index is 827. The van der Waals surface area contributed by atoms with Gasteiger partial charge in [-0.05, 0) is 6.07 Å². The van der Waals surface area contributed by atoms with Gasteiger partial charge in [0.15, 0.2) is 0 Å². The molecule has 0 spiro atoms. The van der Waals surface area contributed by atoms with Crippen molar-refractivity contribution in [2.75, 3.05) is 6.61 Å². The molecule has 0 atom stereocenters. The van der Waals surface area contributed by atoms with Crippen LogP contribution >= 0.6 is 0 Å². The van der Waals surface area contributed by atoms with Gasteiger partial charge < -0.3 is 9.26 Å². The van der Waals surface area contributed by atoms with Crippen molar-refractivity contribution < 1.29 is 9.26 Å². The maximum absolute atomic E-state index is 5.86. The highest BCUT2D eigenvalue weighted by Gasteiger charge is 2.34. The molecule has 6 heteroatoms. The number of hydrogen-bond donors (Lipinski definition) is 0. The number of para-hydroxylation sites is 1. The number of fused-ring (bicyclic) bond motifs is 1. The van der Waals surface area contributed by atoms with E-state index in [1.807, 2.05) is 12.1 Å². The molecule has 0 unspecified atom stereocenters. The number of nitrogens with zero attached hydrogens (tertiary/aromatic N) is 4. The predicted octanol–water partition coefficient (Wildman–Crippen LogP) is 2.86. The molecule has 0 radical (unpaired) electrons. The lowest BCUT2D eigenvalue weighted by molar-refractivity contribution is 0.291. The first-order valence-corrected chi connectivity index (χ1v) is 7.02. The van der Waals surface area contributed by atoms with Crippen molar-refractivity contribution in [2.24, 2.45) is 0 Å². The third kappa shape index (κ3) is 1.95. The monoisotopic (exact) mass is 294 g/mol. The summed E-state index contributed by atoms with van der Waals surface area (Å²) in [7, 11) is 0. The molecule has 0 N–H and O–H groups in total. The Morgan fingerprint density at radius 1 is 1.18 bits per heavy atom. The van der Waals surface area contributed by atoms with Crippen molar-refractivity contribution in [1.29, 1.82) is 0 Å². The topological polar surface area (TPSA) is 73.9 Å². The Hall–Kier alpha value is -2.76. The highest BCUT2D eigenvalue weighted by Crippen LogP contribution is 2.44. The summed E-state index contributed by atoms with van der Waals surface area (Å²) >= 11 is 0. The zero-order chi connectivity index (χ0) is 15.2. The Labute approximate surface area is 127 Å². The smallest absolute Gasteiger partial charge is 0.262 e. The average molecular weight is 294 g/mol. The number of hydrogen-bond acceptors (Lipinski definition) is 6. The maximum atomic E-state index is 5.86. The van der Waals surface area contributed by atoms with Gasteiger partial charge in [0, 0.05) is 23.4 Å². The lowest BCUT2D eigenvalue weighted by Crippen LogP contribution is -2.18. The van der Waals surface area contributed by atoms with Gasteiger partial charge in [0.05, 0.1) is 18.4 Å². The van der Waals surface area contributed by atoms with Crippen molar-refractivity contribution in [2.45, 2.75) is 19.3 Å². The Morgan fingerprint density at radius 2 is 2.09 bits per heavy atom. The highest BCUT2D eigenvalue weighted by molar-refractivity contribution is 5.68. The lowest BCUT2D eigenvalue weighted by Gasteiger charge is -2.14. The van der Waals surface area contributed by atoms with Crippen molar-refractivity contribution in [3.63, 3.8) is 0 Å². The largest absolute Gasteiger partial charge is 0.492 e. The molecule has 3 aromatic rings. The third-order valence-electron chi connectivity index (χ3n) is 3.77. The number of aromatic nitrogens is 4. The lowest BCUT2D eigenvalue weighted by atomic mass is 9.86. The first-order valence-electron chi connectivity index (χ1n) is 7.02. The summed E-state index contributed by atoms with van der Waals surface area (Å²) in [5.41, 5.74) is 2.53. The third-order valence-corrected chi connectivity index (χ3v) is 3.77. The Balaban J connectivity index is 1.79. The van der Waals surface area contributed by atoms with E-state index < -0.39 is 0 Å². The van der Waals surface area contributed by atoms with Gasteiger partial charge in [0.2, 0.25) is 5.82 Å². The van der Waals surface area contributed by atoms with E-state index in [0.717, 1.165) is 16.9 Å². The molecule has 0 bridgehead atoms. The second-order valence-corrected chi connectivity index (χ2v) is 5.87. The number of ether oxygens (including phenoxy) is 1. The van der Waals surface area contributed by atoms with E-state index in [9.17, 15) is 0 Å². The van der Waals surface area contributed by atoms with Gasteiger partial charge in [0.25, 0.3) is 5.89 Å². The molecule has 2 aromatic heterocycles. The van der Waals surface area contributed by atoms with Crippen LogP contribution in [0.1, 0.15) is 19.4 Å². The van der Waals surface area contributed by atoms with Gasteiger partial charge in [-0.3, -0.25) is 4.98 Å². The average Bonchev–Trinajstić information content (AvgIpc) is 3.14. The molecule has 6 nitrogen and oxygen atoms in total. The minimum atomic E-state index is -0.0148. The minimum absolute atomic E-state index is 0.0148. The maximum Gasteiger partial charge on any atom is 0.262 e. The Kier molecular flexibility index (Phi) is 2.72. The molecule has 0 amide bonds. The molecule has 1 aliphatic rings. The summed E-state index contributed by atoms with van der Waals surface area (Å²) in [6.45, 7) is 4.95. The fourth-order valence-corrected chi connectivity index (χ4v) is 2.58. The SMILES string of the molecule is CC1(C)COc2c(-c3nc(-c4cnccn4)no3)cccc21. The standard InChI is InChI=1S/C16H14N4O2/c1-16(2)9-21-13-10(4-3-5-11(13)16)15-19-14(20-22-15)12-8-17-6-7-18-12/h3-8H,9H2,1-2H3. The fraction of sp³-hybridized carbons (Fsp3) is 0.250. The van der Waals surface area contributed by atoms with Gasteiger partial charge in [-0.2, -0.15) is 4.98 Å². The molecule has 0 aliphatic carbocycles. The number of benzene rings is 1. The summed E-state index contributed by atoms with van der Waals surface area (Å²) in [6.07, 6.45) is 4.80. The van der Waals surface area contributed by atoms with E-state index in [-0.39, 0.29) is 5.41 Å². The molecule has 1 aromatic carbocycles. The van der Waals surface area contributed by atoms with Crippen LogP contribution in [0.5, 0.6) is 5.75 Å².